The van der Waals surface area contributed by atoms with Crippen LogP contribution in [0, 0.1) is 11.8 Å². The molecular formula is C35H44Cl2N2O5. The molecule has 7 nitrogen and oxygen atoms in total. The van der Waals surface area contributed by atoms with Crippen LogP contribution < -0.4 is 4.74 Å². The number of carbonyl (C=O) groups excluding carboxylic acids is 3. The van der Waals surface area contributed by atoms with Crippen molar-refractivity contribution in [3.63, 3.8) is 0 Å². The highest BCUT2D eigenvalue weighted by molar-refractivity contribution is 6.42. The molecule has 1 amide bonds. The molecule has 1 saturated heterocycles. The normalized spacial score (nSPS) is 25.3. The van der Waals surface area contributed by atoms with Gasteiger partial charge in [-0.2, -0.15) is 0 Å². The topological polar surface area (TPSA) is 76.2 Å². The van der Waals surface area contributed by atoms with Crippen LogP contribution in [-0.4, -0.2) is 65.5 Å². The predicted molar refractivity (Wildman–Crippen MR) is 172 cm³/mol. The van der Waals surface area contributed by atoms with Crippen LogP contribution in [0.2, 0.25) is 10.0 Å². The van der Waals surface area contributed by atoms with Gasteiger partial charge in [-0.25, -0.2) is 0 Å². The van der Waals surface area contributed by atoms with E-state index < -0.39 is 11.0 Å². The Morgan fingerprint density at radius 3 is 2.43 bits per heavy atom. The number of likely N-dealkylation sites (tertiary alicyclic amines) is 1. The molecule has 3 aliphatic rings. The van der Waals surface area contributed by atoms with Crippen LogP contribution in [0.15, 0.2) is 42.5 Å². The molecule has 238 valence electrons. The summed E-state index contributed by atoms with van der Waals surface area (Å²) in [5.74, 6) is 0.794. The lowest BCUT2D eigenvalue weighted by Gasteiger charge is -2.60. The predicted octanol–water partition coefficient (Wildman–Crippen LogP) is 6.85. The molecule has 3 atom stereocenters. The van der Waals surface area contributed by atoms with E-state index in [0.717, 1.165) is 37.1 Å². The Morgan fingerprint density at radius 2 is 1.77 bits per heavy atom. The summed E-state index contributed by atoms with van der Waals surface area (Å²) in [4.78, 5) is 43.3. The van der Waals surface area contributed by atoms with Gasteiger partial charge in [-0.3, -0.25) is 19.3 Å². The van der Waals surface area contributed by atoms with E-state index in [9.17, 15) is 14.4 Å². The van der Waals surface area contributed by atoms with Crippen LogP contribution in [0.4, 0.5) is 0 Å². The van der Waals surface area contributed by atoms with Gasteiger partial charge in [0.05, 0.1) is 16.5 Å². The summed E-state index contributed by atoms with van der Waals surface area (Å²) in [6.07, 6.45) is 5.48. The summed E-state index contributed by atoms with van der Waals surface area (Å²) in [6, 6.07) is 13.0. The molecule has 9 heteroatoms. The van der Waals surface area contributed by atoms with Crippen LogP contribution in [0.5, 0.6) is 5.75 Å². The molecule has 0 bridgehead atoms. The minimum atomic E-state index is -0.770. The number of hydrogen-bond acceptors (Lipinski definition) is 6. The van der Waals surface area contributed by atoms with E-state index in [-0.39, 0.29) is 36.2 Å². The van der Waals surface area contributed by atoms with Gasteiger partial charge in [0.2, 0.25) is 5.91 Å². The maximum atomic E-state index is 14.1. The van der Waals surface area contributed by atoms with Crippen LogP contribution in [0.1, 0.15) is 77.3 Å². The molecule has 44 heavy (non-hydrogen) atoms. The van der Waals surface area contributed by atoms with E-state index in [1.807, 2.05) is 23.1 Å². The number of benzene rings is 2. The quantitative estimate of drug-likeness (QED) is 0.208. The van der Waals surface area contributed by atoms with Crippen LogP contribution in [0.3, 0.4) is 0 Å². The lowest BCUT2D eigenvalue weighted by Crippen LogP contribution is -2.69. The molecule has 0 spiro atoms. The number of hydrogen-bond donors (Lipinski definition) is 0. The average molecular weight is 644 g/mol. The number of fused-ring (bicyclic) bond motifs is 1. The van der Waals surface area contributed by atoms with E-state index in [0.29, 0.717) is 47.6 Å². The number of amides is 1. The Hall–Kier alpha value is -2.61. The number of esters is 2. The van der Waals surface area contributed by atoms with E-state index in [1.54, 1.807) is 18.2 Å². The van der Waals surface area contributed by atoms with Crippen molar-refractivity contribution in [1.82, 2.24) is 9.80 Å². The first-order valence-corrected chi connectivity index (χ1v) is 16.6. The number of halogens is 2. The minimum Gasteiger partial charge on any atom is -0.457 e. The van der Waals surface area contributed by atoms with Gasteiger partial charge >= 0.3 is 11.9 Å². The second-order valence-corrected chi connectivity index (χ2v) is 14.3. The Morgan fingerprint density at radius 1 is 1.00 bits per heavy atom. The van der Waals surface area contributed by atoms with Crippen molar-refractivity contribution >= 4 is 41.0 Å². The first kappa shape index (κ1) is 32.8. The lowest BCUT2D eigenvalue weighted by molar-refractivity contribution is -0.190. The second-order valence-electron chi connectivity index (χ2n) is 13.5. The van der Waals surface area contributed by atoms with Gasteiger partial charge in [0.25, 0.3) is 0 Å². The number of ether oxygens (including phenoxy) is 2. The smallest absolute Gasteiger partial charge is 0.308 e. The van der Waals surface area contributed by atoms with Crippen molar-refractivity contribution < 1.29 is 23.9 Å². The molecule has 0 N–H and O–H groups in total. The summed E-state index contributed by atoms with van der Waals surface area (Å²) in [5.41, 5.74) is 0.458. The van der Waals surface area contributed by atoms with Crippen molar-refractivity contribution in [1.29, 1.82) is 0 Å². The summed E-state index contributed by atoms with van der Waals surface area (Å²) in [7, 11) is 0. The van der Waals surface area contributed by atoms with E-state index >= 15 is 0 Å². The Balaban J connectivity index is 1.54. The van der Waals surface area contributed by atoms with E-state index in [2.05, 4.69) is 24.8 Å². The first-order chi connectivity index (χ1) is 20.9. The maximum Gasteiger partial charge on any atom is 0.308 e. The Bertz CT molecular complexity index is 1390. The standard InChI is InChI=1S/C35H44Cl2N2O5/c1-23(2)20-39(33(42)17-27-10-11-31(36)32(37)16-27)29-12-13-35(44-25(4)41)22-38(21-26-8-9-26)15-14-34(35,19-29)28-6-5-7-30(18-28)43-24(3)40/h5-7,10-11,16,18,23,26,29H,8-9,12-15,17,19-22H2,1-4H3/t29-,34-,35-/m0/s1. The third-order valence-corrected chi connectivity index (χ3v) is 10.3. The van der Waals surface area contributed by atoms with Crippen LogP contribution >= 0.6 is 23.2 Å². The first-order valence-electron chi connectivity index (χ1n) is 15.8. The van der Waals surface area contributed by atoms with Gasteiger partial charge in [-0.1, -0.05) is 55.2 Å². The fourth-order valence-electron chi connectivity index (χ4n) is 7.54. The van der Waals surface area contributed by atoms with Gasteiger partial charge in [0, 0.05) is 44.9 Å². The maximum absolute atomic E-state index is 14.1. The lowest BCUT2D eigenvalue weighted by atomic mass is 9.54. The molecule has 1 heterocycles. The fraction of sp³-hybridized carbons (Fsp3) is 0.571. The van der Waals surface area contributed by atoms with Crippen LogP contribution in [0.25, 0.3) is 0 Å². The van der Waals surface area contributed by atoms with Gasteiger partial charge in [-0.05, 0) is 92.3 Å². The van der Waals surface area contributed by atoms with Crippen molar-refractivity contribution in [3.05, 3.63) is 63.6 Å². The van der Waals surface area contributed by atoms with Gasteiger partial charge in [-0.15, -0.1) is 0 Å². The summed E-state index contributed by atoms with van der Waals surface area (Å²) in [6.45, 7) is 10.3. The third kappa shape index (κ3) is 7.27. The Kier molecular flexibility index (Phi) is 9.98. The zero-order valence-corrected chi connectivity index (χ0v) is 27.8. The van der Waals surface area contributed by atoms with Crippen molar-refractivity contribution in [2.45, 2.75) is 89.7 Å². The monoisotopic (exact) mass is 642 g/mol. The van der Waals surface area contributed by atoms with Crippen molar-refractivity contribution in [2.24, 2.45) is 11.8 Å². The van der Waals surface area contributed by atoms with Gasteiger partial charge in [0.1, 0.15) is 11.4 Å². The van der Waals surface area contributed by atoms with Gasteiger partial charge < -0.3 is 14.4 Å². The van der Waals surface area contributed by atoms with Gasteiger partial charge in [0.15, 0.2) is 0 Å². The molecule has 3 fully saturated rings. The second kappa shape index (κ2) is 13.4. The molecule has 2 aromatic rings. The van der Waals surface area contributed by atoms with Crippen molar-refractivity contribution in [3.8, 4) is 5.75 Å². The number of piperidine rings is 1. The number of rotatable bonds is 10. The van der Waals surface area contributed by atoms with E-state index in [4.69, 9.17) is 32.7 Å². The molecule has 0 aromatic heterocycles. The summed E-state index contributed by atoms with van der Waals surface area (Å²) >= 11 is 12.4. The molecule has 2 saturated carbocycles. The average Bonchev–Trinajstić information content (AvgIpc) is 3.77. The molecule has 2 aromatic carbocycles. The molecule has 0 unspecified atom stereocenters. The number of carbonyl (C=O) groups is 3. The highest BCUT2D eigenvalue weighted by atomic mass is 35.5. The van der Waals surface area contributed by atoms with Crippen molar-refractivity contribution in [2.75, 3.05) is 26.2 Å². The fourth-order valence-corrected chi connectivity index (χ4v) is 7.87. The number of nitrogens with zero attached hydrogens (tertiary/aromatic N) is 2. The molecule has 1 aliphatic heterocycles. The zero-order valence-electron chi connectivity index (χ0n) is 26.2. The highest BCUT2D eigenvalue weighted by Gasteiger charge is 2.61. The Labute approximate surface area is 271 Å². The molecule has 5 rings (SSSR count). The summed E-state index contributed by atoms with van der Waals surface area (Å²) < 4.78 is 12.0. The van der Waals surface area contributed by atoms with Crippen LogP contribution in [-0.2, 0) is 31.0 Å². The largest absolute Gasteiger partial charge is 0.457 e. The SMILES string of the molecule is CC(=O)Oc1cccc([C@@]23CCN(CC4CC4)C[C@@]2(OC(C)=O)CC[C@H](N(CC(C)C)C(=O)Cc2ccc(Cl)c(Cl)c2)C3)c1. The highest BCUT2D eigenvalue weighted by Crippen LogP contribution is 2.55. The minimum absolute atomic E-state index is 0.0389. The molecule has 0 radical (unpaired) electrons. The molecule has 2 aliphatic carbocycles. The zero-order chi connectivity index (χ0) is 31.6. The van der Waals surface area contributed by atoms with E-state index in [1.165, 1.54) is 26.7 Å². The third-order valence-electron chi connectivity index (χ3n) is 9.53. The summed E-state index contributed by atoms with van der Waals surface area (Å²) in [5, 5.41) is 0.891. The molecular weight excluding hydrogens is 599 g/mol.